The van der Waals surface area contributed by atoms with E-state index in [9.17, 15) is 19.1 Å². The molecule has 1 unspecified atom stereocenters. The van der Waals surface area contributed by atoms with Gasteiger partial charge in [0.05, 0.1) is 16.6 Å². The highest BCUT2D eigenvalue weighted by molar-refractivity contribution is 6.51. The Balaban J connectivity index is 1.73. The van der Waals surface area contributed by atoms with Crippen molar-refractivity contribution in [1.29, 1.82) is 0 Å². The van der Waals surface area contributed by atoms with E-state index in [0.717, 1.165) is 16.8 Å². The Hall–Kier alpha value is -3.96. The van der Waals surface area contributed by atoms with Crippen LogP contribution in [0, 0.1) is 5.82 Å². The van der Waals surface area contributed by atoms with Crippen molar-refractivity contribution in [1.82, 2.24) is 0 Å². The van der Waals surface area contributed by atoms with Gasteiger partial charge in [-0.3, -0.25) is 14.5 Å². The molecule has 1 fully saturated rings. The van der Waals surface area contributed by atoms with E-state index in [2.05, 4.69) is 0 Å². The quantitative estimate of drug-likeness (QED) is 0.224. The summed E-state index contributed by atoms with van der Waals surface area (Å²) in [7, 11) is 0. The summed E-state index contributed by atoms with van der Waals surface area (Å²) >= 11 is 5.96. The first-order chi connectivity index (χ1) is 16.0. The number of anilines is 1. The van der Waals surface area contributed by atoms with Crippen LogP contribution in [-0.4, -0.2) is 16.8 Å². The van der Waals surface area contributed by atoms with E-state index in [1.54, 1.807) is 36.4 Å². The number of hydrogen-bond acceptors (Lipinski definition) is 3. The van der Waals surface area contributed by atoms with Crippen molar-refractivity contribution in [3.63, 3.8) is 0 Å². The number of ketones is 1. The molecule has 4 aromatic carbocycles. The van der Waals surface area contributed by atoms with Crippen LogP contribution < -0.4 is 4.90 Å². The van der Waals surface area contributed by atoms with E-state index in [-0.39, 0.29) is 22.0 Å². The Bertz CT molecular complexity index is 1450. The number of benzene rings is 4. The summed E-state index contributed by atoms with van der Waals surface area (Å²) in [5, 5.41) is 13.0. The Kier molecular flexibility index (Phi) is 5.19. The van der Waals surface area contributed by atoms with Crippen molar-refractivity contribution in [2.75, 3.05) is 4.90 Å². The number of halogens is 2. The van der Waals surface area contributed by atoms with Gasteiger partial charge in [-0.25, -0.2) is 4.39 Å². The molecule has 33 heavy (non-hydrogen) atoms. The zero-order valence-electron chi connectivity index (χ0n) is 17.2. The molecule has 1 atom stereocenters. The molecule has 1 saturated heterocycles. The zero-order valence-corrected chi connectivity index (χ0v) is 18.0. The predicted octanol–water partition coefficient (Wildman–Crippen LogP) is 6.26. The van der Waals surface area contributed by atoms with Gasteiger partial charge in [0.1, 0.15) is 11.6 Å². The number of amides is 1. The molecule has 0 bridgehead atoms. The fraction of sp³-hybridized carbons (Fsp3) is 0.0370. The molecule has 6 heteroatoms. The molecule has 0 saturated carbocycles. The van der Waals surface area contributed by atoms with E-state index in [0.29, 0.717) is 11.1 Å². The summed E-state index contributed by atoms with van der Waals surface area (Å²) in [6, 6.07) is 24.8. The number of Topliss-reactive ketones (excluding diaryl/α,β-unsaturated/α-hetero) is 1. The maximum absolute atomic E-state index is 13.8. The van der Waals surface area contributed by atoms with Crippen molar-refractivity contribution in [3.8, 4) is 0 Å². The molecule has 0 radical (unpaired) electrons. The molecule has 0 spiro atoms. The third-order valence-electron chi connectivity index (χ3n) is 5.76. The van der Waals surface area contributed by atoms with Crippen molar-refractivity contribution in [2.24, 2.45) is 0 Å². The molecular weight excluding hydrogens is 441 g/mol. The molecule has 1 amide bonds. The molecule has 4 aromatic rings. The van der Waals surface area contributed by atoms with Crippen LogP contribution in [0.1, 0.15) is 17.2 Å². The molecule has 4 nitrogen and oxygen atoms in total. The minimum atomic E-state index is -0.904. The van der Waals surface area contributed by atoms with Gasteiger partial charge < -0.3 is 5.11 Å². The van der Waals surface area contributed by atoms with Crippen LogP contribution in [0.15, 0.2) is 96.6 Å². The lowest BCUT2D eigenvalue weighted by atomic mass is 9.94. The van der Waals surface area contributed by atoms with Gasteiger partial charge in [-0.1, -0.05) is 78.3 Å². The number of hydrogen-bond donors (Lipinski definition) is 1. The Morgan fingerprint density at radius 3 is 2.27 bits per heavy atom. The second-order valence-electron chi connectivity index (χ2n) is 7.74. The van der Waals surface area contributed by atoms with Crippen LogP contribution in [0.4, 0.5) is 10.1 Å². The van der Waals surface area contributed by atoms with E-state index < -0.39 is 23.5 Å². The fourth-order valence-electron chi connectivity index (χ4n) is 4.18. The van der Waals surface area contributed by atoms with Gasteiger partial charge in [-0.05, 0) is 40.6 Å². The highest BCUT2D eigenvalue weighted by atomic mass is 35.5. The third-order valence-corrected chi connectivity index (χ3v) is 6.05. The van der Waals surface area contributed by atoms with Crippen molar-refractivity contribution < 1.29 is 19.1 Å². The number of fused-ring (bicyclic) bond motifs is 1. The van der Waals surface area contributed by atoms with Gasteiger partial charge in [0, 0.05) is 11.3 Å². The first kappa shape index (κ1) is 20.9. The van der Waals surface area contributed by atoms with Crippen molar-refractivity contribution >= 4 is 45.5 Å². The third kappa shape index (κ3) is 3.56. The molecule has 0 aromatic heterocycles. The number of aliphatic hydroxyl groups excluding tert-OH is 1. The summed E-state index contributed by atoms with van der Waals surface area (Å²) in [5.74, 6) is -2.56. The minimum Gasteiger partial charge on any atom is -0.507 e. The van der Waals surface area contributed by atoms with Gasteiger partial charge >= 0.3 is 0 Å². The normalized spacial score (nSPS) is 17.6. The van der Waals surface area contributed by atoms with E-state index in [1.165, 1.54) is 17.0 Å². The predicted molar refractivity (Wildman–Crippen MR) is 127 cm³/mol. The maximum atomic E-state index is 13.8. The second kappa shape index (κ2) is 8.19. The number of carbonyl (C=O) groups is 2. The van der Waals surface area contributed by atoms with Gasteiger partial charge in [-0.2, -0.15) is 0 Å². The molecular formula is C27H17ClFNO3. The molecule has 1 N–H and O–H groups in total. The summed E-state index contributed by atoms with van der Waals surface area (Å²) < 4.78 is 13.8. The topological polar surface area (TPSA) is 57.6 Å². The summed E-state index contributed by atoms with van der Waals surface area (Å²) in [5.41, 5.74) is 1.26. The number of nitrogens with zero attached hydrogens (tertiary/aromatic N) is 1. The van der Waals surface area contributed by atoms with Crippen molar-refractivity contribution in [2.45, 2.75) is 6.04 Å². The molecule has 0 aliphatic carbocycles. The molecule has 1 heterocycles. The average Bonchev–Trinajstić information content (AvgIpc) is 3.11. The lowest BCUT2D eigenvalue weighted by Gasteiger charge is -2.25. The van der Waals surface area contributed by atoms with Crippen LogP contribution in [0.25, 0.3) is 16.5 Å². The number of aliphatic hydroxyl groups is 1. The Morgan fingerprint density at radius 1 is 0.848 bits per heavy atom. The molecule has 1 aliphatic heterocycles. The van der Waals surface area contributed by atoms with E-state index in [1.807, 2.05) is 36.4 Å². The standard InChI is InChI=1S/C27H17ClFNO3/c28-21-15-20(12-13-22(21)29)30-24(17-7-2-1-3-8-17)23(26(32)27(30)33)25(31)19-11-10-16-6-4-5-9-18(16)14-19/h1-15,24,31H/b25-23-. The highest BCUT2D eigenvalue weighted by Crippen LogP contribution is 2.43. The summed E-state index contributed by atoms with van der Waals surface area (Å²) in [6.45, 7) is 0. The zero-order chi connectivity index (χ0) is 23.1. The van der Waals surface area contributed by atoms with Crippen LogP contribution in [0.2, 0.25) is 5.02 Å². The van der Waals surface area contributed by atoms with Crippen molar-refractivity contribution in [3.05, 3.63) is 119 Å². The molecule has 162 valence electrons. The second-order valence-corrected chi connectivity index (χ2v) is 8.15. The Morgan fingerprint density at radius 2 is 1.55 bits per heavy atom. The van der Waals surface area contributed by atoms with Gasteiger partial charge in [0.25, 0.3) is 11.7 Å². The van der Waals surface area contributed by atoms with Gasteiger partial charge in [0.15, 0.2) is 0 Å². The largest absolute Gasteiger partial charge is 0.507 e. The maximum Gasteiger partial charge on any atom is 0.300 e. The SMILES string of the molecule is O=C1C(=O)N(c2ccc(F)c(Cl)c2)C(c2ccccc2)/C1=C(/O)c1ccc2ccccc2c1. The monoisotopic (exact) mass is 457 g/mol. The van der Waals surface area contributed by atoms with Crippen LogP contribution >= 0.6 is 11.6 Å². The van der Waals surface area contributed by atoms with Crippen LogP contribution in [-0.2, 0) is 9.59 Å². The lowest BCUT2D eigenvalue weighted by Crippen LogP contribution is -2.29. The van der Waals surface area contributed by atoms with E-state index in [4.69, 9.17) is 11.6 Å². The average molecular weight is 458 g/mol. The first-order valence-corrected chi connectivity index (χ1v) is 10.6. The summed E-state index contributed by atoms with van der Waals surface area (Å²) in [4.78, 5) is 27.6. The van der Waals surface area contributed by atoms with E-state index >= 15 is 0 Å². The number of rotatable bonds is 3. The molecule has 1 aliphatic rings. The molecule has 5 rings (SSSR count). The van der Waals surface area contributed by atoms with Crippen LogP contribution in [0.3, 0.4) is 0 Å². The number of carbonyl (C=O) groups excluding carboxylic acids is 2. The van der Waals surface area contributed by atoms with Gasteiger partial charge in [-0.15, -0.1) is 0 Å². The fourth-order valence-corrected chi connectivity index (χ4v) is 4.35. The lowest BCUT2D eigenvalue weighted by molar-refractivity contribution is -0.132. The minimum absolute atomic E-state index is 0.0399. The van der Waals surface area contributed by atoms with Gasteiger partial charge in [0.2, 0.25) is 0 Å². The van der Waals surface area contributed by atoms with Crippen LogP contribution in [0.5, 0.6) is 0 Å². The smallest absolute Gasteiger partial charge is 0.300 e. The first-order valence-electron chi connectivity index (χ1n) is 10.3. The highest BCUT2D eigenvalue weighted by Gasteiger charge is 2.47. The summed E-state index contributed by atoms with van der Waals surface area (Å²) in [6.07, 6.45) is 0. The Labute approximate surface area is 194 Å².